The van der Waals surface area contributed by atoms with Gasteiger partial charge in [-0.15, -0.1) is 0 Å². The van der Waals surface area contributed by atoms with Gasteiger partial charge in [0.05, 0.1) is 12.7 Å². The van der Waals surface area contributed by atoms with Gasteiger partial charge in [0.15, 0.2) is 0 Å². The summed E-state index contributed by atoms with van der Waals surface area (Å²) in [6.07, 6.45) is 0.694. The molecule has 2 rings (SSSR count). The molecular formula is C12H13NO3. The fourth-order valence-electron chi connectivity index (χ4n) is 1.60. The van der Waals surface area contributed by atoms with Crippen molar-refractivity contribution in [3.8, 4) is 17.6 Å². The maximum absolute atomic E-state index is 9.52. The Morgan fingerprint density at radius 3 is 3.25 bits per heavy atom. The van der Waals surface area contributed by atoms with Crippen LogP contribution in [0.4, 0.5) is 0 Å². The lowest BCUT2D eigenvalue weighted by Gasteiger charge is -2.06. The molecule has 1 heterocycles. The molecule has 0 bridgehead atoms. The molecule has 1 atom stereocenters. The third kappa shape index (κ3) is 2.26. The number of fused-ring (bicyclic) bond motifs is 1. The van der Waals surface area contributed by atoms with E-state index in [1.54, 1.807) is 6.07 Å². The van der Waals surface area contributed by atoms with Crippen LogP contribution in [0, 0.1) is 11.3 Å². The van der Waals surface area contributed by atoms with Gasteiger partial charge in [-0.2, -0.15) is 5.26 Å². The van der Waals surface area contributed by atoms with Crippen LogP contribution in [0.5, 0.6) is 11.5 Å². The summed E-state index contributed by atoms with van der Waals surface area (Å²) in [7, 11) is 0. The standard InChI is InChI=1S/C12H13NO3/c13-5-1-2-6-15-9-3-4-10-11(14)8-16-12(10)7-9/h3-4,7,11,14H,1-2,6,8H2. The molecule has 0 radical (unpaired) electrons. The Morgan fingerprint density at radius 1 is 1.56 bits per heavy atom. The van der Waals surface area contributed by atoms with Gasteiger partial charge in [-0.25, -0.2) is 0 Å². The highest BCUT2D eigenvalue weighted by atomic mass is 16.5. The molecule has 4 heteroatoms. The molecule has 1 aliphatic rings. The summed E-state index contributed by atoms with van der Waals surface area (Å²) in [4.78, 5) is 0. The van der Waals surface area contributed by atoms with Crippen LogP contribution in [0.3, 0.4) is 0 Å². The number of nitriles is 1. The van der Waals surface area contributed by atoms with Gasteiger partial charge in [0.2, 0.25) is 0 Å². The van der Waals surface area contributed by atoms with Crippen molar-refractivity contribution in [3.05, 3.63) is 23.8 Å². The highest BCUT2D eigenvalue weighted by Crippen LogP contribution is 2.34. The largest absolute Gasteiger partial charge is 0.493 e. The van der Waals surface area contributed by atoms with E-state index in [0.717, 1.165) is 12.0 Å². The maximum atomic E-state index is 9.52. The summed E-state index contributed by atoms with van der Waals surface area (Å²) < 4.78 is 10.8. The zero-order valence-corrected chi connectivity index (χ0v) is 8.85. The van der Waals surface area contributed by atoms with Crippen LogP contribution in [0.2, 0.25) is 0 Å². The lowest BCUT2D eigenvalue weighted by molar-refractivity contribution is 0.140. The van der Waals surface area contributed by atoms with Crippen molar-refractivity contribution in [2.45, 2.75) is 18.9 Å². The fourth-order valence-corrected chi connectivity index (χ4v) is 1.60. The molecule has 0 spiro atoms. The van der Waals surface area contributed by atoms with Crippen LogP contribution in [0.1, 0.15) is 24.5 Å². The molecule has 0 amide bonds. The number of aliphatic hydroxyl groups excluding tert-OH is 1. The monoisotopic (exact) mass is 219 g/mol. The number of hydrogen-bond donors (Lipinski definition) is 1. The second-order valence-electron chi connectivity index (χ2n) is 3.64. The SMILES string of the molecule is N#CCCCOc1ccc2c(c1)OCC2O. The Labute approximate surface area is 94.0 Å². The van der Waals surface area contributed by atoms with Crippen LogP contribution < -0.4 is 9.47 Å². The van der Waals surface area contributed by atoms with Gasteiger partial charge in [-0.3, -0.25) is 0 Å². The molecule has 0 saturated heterocycles. The summed E-state index contributed by atoms with van der Waals surface area (Å²) >= 11 is 0. The second-order valence-corrected chi connectivity index (χ2v) is 3.64. The van der Waals surface area contributed by atoms with E-state index in [2.05, 4.69) is 6.07 Å². The first-order valence-electron chi connectivity index (χ1n) is 5.26. The van der Waals surface area contributed by atoms with E-state index in [0.29, 0.717) is 31.1 Å². The second kappa shape index (κ2) is 4.86. The first kappa shape index (κ1) is 10.8. The number of nitrogens with zero attached hydrogens (tertiary/aromatic N) is 1. The Kier molecular flexibility index (Phi) is 3.28. The van der Waals surface area contributed by atoms with Crippen LogP contribution >= 0.6 is 0 Å². The number of hydrogen-bond acceptors (Lipinski definition) is 4. The molecule has 0 aliphatic carbocycles. The summed E-state index contributed by atoms with van der Waals surface area (Å²) in [6.45, 7) is 0.835. The average molecular weight is 219 g/mol. The average Bonchev–Trinajstić information content (AvgIpc) is 2.66. The van der Waals surface area contributed by atoms with Gasteiger partial charge < -0.3 is 14.6 Å². The van der Waals surface area contributed by atoms with Crippen molar-refractivity contribution < 1.29 is 14.6 Å². The lowest BCUT2D eigenvalue weighted by atomic mass is 10.1. The number of unbranched alkanes of at least 4 members (excludes halogenated alkanes) is 1. The van der Waals surface area contributed by atoms with E-state index in [-0.39, 0.29) is 0 Å². The van der Waals surface area contributed by atoms with Crippen molar-refractivity contribution in [1.82, 2.24) is 0 Å². The third-order valence-corrected chi connectivity index (χ3v) is 2.44. The minimum atomic E-state index is -0.525. The molecule has 0 aromatic heterocycles. The van der Waals surface area contributed by atoms with Crippen molar-refractivity contribution in [2.75, 3.05) is 13.2 Å². The van der Waals surface area contributed by atoms with Crippen LogP contribution in [0.25, 0.3) is 0 Å². The Hall–Kier alpha value is -1.73. The zero-order valence-electron chi connectivity index (χ0n) is 8.85. The first-order chi connectivity index (χ1) is 7.81. The smallest absolute Gasteiger partial charge is 0.129 e. The van der Waals surface area contributed by atoms with Gasteiger partial charge >= 0.3 is 0 Å². The molecule has 1 aromatic carbocycles. The summed E-state index contributed by atoms with van der Waals surface area (Å²) in [5.74, 6) is 1.40. The van der Waals surface area contributed by atoms with Gasteiger partial charge in [0.25, 0.3) is 0 Å². The molecule has 1 aliphatic heterocycles. The van der Waals surface area contributed by atoms with E-state index in [9.17, 15) is 5.11 Å². The van der Waals surface area contributed by atoms with Crippen LogP contribution in [-0.4, -0.2) is 18.3 Å². The van der Waals surface area contributed by atoms with E-state index in [1.165, 1.54) is 0 Å². The van der Waals surface area contributed by atoms with E-state index >= 15 is 0 Å². The van der Waals surface area contributed by atoms with Crippen LogP contribution in [0.15, 0.2) is 18.2 Å². The number of benzene rings is 1. The quantitative estimate of drug-likeness (QED) is 0.784. The Bertz CT molecular complexity index is 411. The van der Waals surface area contributed by atoms with Crippen LogP contribution in [-0.2, 0) is 0 Å². The molecule has 1 unspecified atom stereocenters. The molecule has 1 aromatic rings. The molecule has 4 nitrogen and oxygen atoms in total. The number of ether oxygens (including phenoxy) is 2. The fraction of sp³-hybridized carbons (Fsp3) is 0.417. The summed E-state index contributed by atoms with van der Waals surface area (Å²) in [5, 5.41) is 17.9. The maximum Gasteiger partial charge on any atom is 0.129 e. The van der Waals surface area contributed by atoms with Crippen molar-refractivity contribution >= 4 is 0 Å². The third-order valence-electron chi connectivity index (χ3n) is 2.44. The minimum Gasteiger partial charge on any atom is -0.493 e. The first-order valence-corrected chi connectivity index (χ1v) is 5.26. The molecule has 84 valence electrons. The molecule has 16 heavy (non-hydrogen) atoms. The lowest BCUT2D eigenvalue weighted by Crippen LogP contribution is -1.97. The highest BCUT2D eigenvalue weighted by molar-refractivity contribution is 5.44. The number of rotatable bonds is 4. The van der Waals surface area contributed by atoms with Gasteiger partial charge in [-0.05, 0) is 18.6 Å². The highest BCUT2D eigenvalue weighted by Gasteiger charge is 2.21. The zero-order chi connectivity index (χ0) is 11.4. The molecule has 1 N–H and O–H groups in total. The predicted molar refractivity (Wildman–Crippen MR) is 57.2 cm³/mol. The van der Waals surface area contributed by atoms with E-state index in [4.69, 9.17) is 14.7 Å². The van der Waals surface area contributed by atoms with Crippen molar-refractivity contribution in [1.29, 1.82) is 5.26 Å². The molecular weight excluding hydrogens is 206 g/mol. The van der Waals surface area contributed by atoms with Crippen molar-refractivity contribution in [2.24, 2.45) is 0 Å². The summed E-state index contributed by atoms with van der Waals surface area (Å²) in [5.41, 5.74) is 0.810. The Morgan fingerprint density at radius 2 is 2.44 bits per heavy atom. The van der Waals surface area contributed by atoms with E-state index in [1.807, 2.05) is 12.1 Å². The molecule has 0 saturated carbocycles. The van der Waals surface area contributed by atoms with Gasteiger partial charge in [0, 0.05) is 18.1 Å². The predicted octanol–water partition coefficient (Wildman–Crippen LogP) is 1.79. The van der Waals surface area contributed by atoms with E-state index < -0.39 is 6.10 Å². The normalized spacial score (nSPS) is 17.4. The topological polar surface area (TPSA) is 62.5 Å². The van der Waals surface area contributed by atoms with Gasteiger partial charge in [-0.1, -0.05) is 0 Å². The van der Waals surface area contributed by atoms with Crippen molar-refractivity contribution in [3.63, 3.8) is 0 Å². The summed E-state index contributed by atoms with van der Waals surface area (Å²) in [6, 6.07) is 7.46. The minimum absolute atomic E-state index is 0.313. The van der Waals surface area contributed by atoms with Gasteiger partial charge in [0.1, 0.15) is 24.2 Å². The Balaban J connectivity index is 1.95. The molecule has 0 fully saturated rings. The number of aliphatic hydroxyl groups is 1.